The van der Waals surface area contributed by atoms with Crippen LogP contribution < -0.4 is 19.5 Å². The van der Waals surface area contributed by atoms with Crippen molar-refractivity contribution in [3.63, 3.8) is 0 Å². The van der Waals surface area contributed by atoms with E-state index in [2.05, 4.69) is 31.3 Å². The van der Waals surface area contributed by atoms with Crippen LogP contribution in [0.4, 0.5) is 0 Å². The Balaban J connectivity index is 1.53. The molecule has 1 aromatic heterocycles. The molecule has 3 rings (SSSR count). The third kappa shape index (κ3) is 5.81. The second-order valence-corrected chi connectivity index (χ2v) is 9.77. The van der Waals surface area contributed by atoms with E-state index in [9.17, 15) is 5.26 Å². The van der Waals surface area contributed by atoms with Crippen LogP contribution in [0, 0.1) is 17.2 Å². The van der Waals surface area contributed by atoms with Gasteiger partial charge in [0.1, 0.15) is 16.2 Å². The van der Waals surface area contributed by atoms with Crippen LogP contribution in [0.15, 0.2) is 36.4 Å². The van der Waals surface area contributed by atoms with Gasteiger partial charge in [-0.05, 0) is 80.6 Å². The van der Waals surface area contributed by atoms with E-state index in [-0.39, 0.29) is 5.92 Å². The first-order valence-electron chi connectivity index (χ1n) is 11.7. The Hall–Kier alpha value is -2.82. The lowest BCUT2D eigenvalue weighted by molar-refractivity contribution is 0.354. The van der Waals surface area contributed by atoms with E-state index < -0.39 is 5.41 Å². The molecule has 0 amide bonds. The lowest BCUT2D eigenvalue weighted by Crippen LogP contribution is -2.32. The van der Waals surface area contributed by atoms with Gasteiger partial charge in [0.05, 0.1) is 37.6 Å². The van der Waals surface area contributed by atoms with Gasteiger partial charge in [-0.3, -0.25) is 0 Å². The van der Waals surface area contributed by atoms with Gasteiger partial charge in [-0.25, -0.2) is 4.98 Å². The van der Waals surface area contributed by atoms with Gasteiger partial charge < -0.3 is 19.5 Å². The van der Waals surface area contributed by atoms with E-state index >= 15 is 0 Å². The molecule has 1 atom stereocenters. The first-order valence-corrected chi connectivity index (χ1v) is 12.6. The summed E-state index contributed by atoms with van der Waals surface area (Å²) in [6.07, 6.45) is 3.70. The van der Waals surface area contributed by atoms with Gasteiger partial charge in [0.25, 0.3) is 0 Å². The summed E-state index contributed by atoms with van der Waals surface area (Å²) in [5, 5.41) is 14.7. The summed E-state index contributed by atoms with van der Waals surface area (Å²) in [7, 11) is 4.97. The molecule has 1 heterocycles. The maximum atomic E-state index is 10.2. The fourth-order valence-corrected chi connectivity index (χ4v) is 5.48. The average molecular weight is 482 g/mol. The van der Waals surface area contributed by atoms with Gasteiger partial charge in [-0.1, -0.05) is 19.9 Å². The van der Waals surface area contributed by atoms with E-state index in [1.165, 1.54) is 5.56 Å². The summed E-state index contributed by atoms with van der Waals surface area (Å²) in [5.74, 6) is 2.50. The molecule has 182 valence electrons. The minimum absolute atomic E-state index is 0.171. The fourth-order valence-electron chi connectivity index (χ4n) is 4.17. The van der Waals surface area contributed by atoms with Crippen molar-refractivity contribution in [3.8, 4) is 23.3 Å². The molecule has 1 N–H and O–H groups in total. The zero-order chi connectivity index (χ0) is 24.6. The van der Waals surface area contributed by atoms with Crippen molar-refractivity contribution in [1.82, 2.24) is 10.3 Å². The predicted molar refractivity (Wildman–Crippen MR) is 138 cm³/mol. The van der Waals surface area contributed by atoms with Crippen LogP contribution in [0.1, 0.15) is 43.7 Å². The lowest BCUT2D eigenvalue weighted by atomic mass is 9.75. The number of hydrogen-bond donors (Lipinski definition) is 1. The number of rotatable bonds is 13. The Morgan fingerprint density at radius 3 is 2.44 bits per heavy atom. The lowest BCUT2D eigenvalue weighted by Gasteiger charge is -2.28. The number of ether oxygens (including phenoxy) is 3. The number of fused-ring (bicyclic) bond motifs is 1. The Morgan fingerprint density at radius 2 is 1.76 bits per heavy atom. The van der Waals surface area contributed by atoms with Crippen molar-refractivity contribution in [2.75, 3.05) is 34.4 Å². The molecule has 0 bridgehead atoms. The molecular formula is C27H35N3O3S. The molecule has 0 aliphatic rings. The number of aryl methyl sites for hydroxylation is 1. The summed E-state index contributed by atoms with van der Waals surface area (Å²) in [6, 6.07) is 14.6. The highest BCUT2D eigenvalue weighted by Gasteiger charge is 2.38. The van der Waals surface area contributed by atoms with Crippen LogP contribution >= 0.6 is 11.3 Å². The quantitative estimate of drug-likeness (QED) is 0.314. The largest absolute Gasteiger partial charge is 0.497 e. The van der Waals surface area contributed by atoms with E-state index in [0.29, 0.717) is 0 Å². The molecule has 0 saturated heterocycles. The molecule has 0 spiro atoms. The Bertz CT molecular complexity index is 1120. The average Bonchev–Trinajstić information content (AvgIpc) is 3.29. The number of methoxy groups -OCH3 is 3. The summed E-state index contributed by atoms with van der Waals surface area (Å²) in [4.78, 5) is 4.84. The van der Waals surface area contributed by atoms with Gasteiger partial charge >= 0.3 is 0 Å². The van der Waals surface area contributed by atoms with Gasteiger partial charge in [0, 0.05) is 0 Å². The van der Waals surface area contributed by atoms with E-state index in [4.69, 9.17) is 19.2 Å². The van der Waals surface area contributed by atoms with Crippen molar-refractivity contribution in [2.45, 2.75) is 44.9 Å². The van der Waals surface area contributed by atoms with Crippen LogP contribution in [0.2, 0.25) is 0 Å². The van der Waals surface area contributed by atoms with Crippen molar-refractivity contribution in [3.05, 3.63) is 47.0 Å². The normalized spacial score (nSPS) is 13.0. The van der Waals surface area contributed by atoms with Gasteiger partial charge in [-0.2, -0.15) is 5.26 Å². The third-order valence-electron chi connectivity index (χ3n) is 6.35. The molecule has 0 fully saturated rings. The maximum Gasteiger partial charge on any atom is 0.160 e. The number of nitrogens with zero attached hydrogens (tertiary/aromatic N) is 2. The highest BCUT2D eigenvalue weighted by molar-refractivity contribution is 7.18. The summed E-state index contributed by atoms with van der Waals surface area (Å²) in [5.41, 5.74) is 1.57. The molecule has 6 nitrogen and oxygen atoms in total. The number of hydrogen-bond acceptors (Lipinski definition) is 7. The first-order chi connectivity index (χ1) is 16.5. The monoisotopic (exact) mass is 481 g/mol. The summed E-state index contributed by atoms with van der Waals surface area (Å²) < 4.78 is 17.1. The van der Waals surface area contributed by atoms with Gasteiger partial charge in [-0.15, -0.1) is 11.3 Å². The molecule has 3 aromatic rings. The SMILES string of the molecule is COc1ccc2nc(C(C#N)(CCCNCCCc3ccc(OC)c(OC)c3)C(C)C)sc2c1. The van der Waals surface area contributed by atoms with Crippen LogP contribution in [-0.2, 0) is 11.8 Å². The number of nitrogens with one attached hydrogen (secondary N) is 1. The maximum absolute atomic E-state index is 10.2. The second kappa shape index (κ2) is 12.0. The summed E-state index contributed by atoms with van der Waals surface area (Å²) >= 11 is 1.61. The Kier molecular flexibility index (Phi) is 9.14. The fraction of sp³-hybridized carbons (Fsp3) is 0.481. The zero-order valence-electron chi connectivity index (χ0n) is 20.8. The van der Waals surface area contributed by atoms with Crippen LogP contribution in [0.3, 0.4) is 0 Å². The zero-order valence-corrected chi connectivity index (χ0v) is 21.6. The molecule has 0 aliphatic carbocycles. The van der Waals surface area contributed by atoms with Crippen molar-refractivity contribution in [2.24, 2.45) is 5.92 Å². The highest BCUT2D eigenvalue weighted by atomic mass is 32.1. The second-order valence-electron chi connectivity index (χ2n) is 8.74. The number of nitriles is 1. The van der Waals surface area contributed by atoms with E-state index in [1.807, 2.05) is 30.3 Å². The van der Waals surface area contributed by atoms with E-state index in [1.54, 1.807) is 32.7 Å². The number of thiazole rings is 1. The molecule has 7 heteroatoms. The molecule has 0 saturated carbocycles. The molecular weight excluding hydrogens is 446 g/mol. The molecule has 34 heavy (non-hydrogen) atoms. The third-order valence-corrected chi connectivity index (χ3v) is 7.55. The van der Waals surface area contributed by atoms with Crippen LogP contribution in [0.25, 0.3) is 10.2 Å². The Labute approximate surface area is 206 Å². The minimum atomic E-state index is -0.585. The van der Waals surface area contributed by atoms with E-state index in [0.717, 1.165) is 71.2 Å². The standard InChI is InChI=1S/C27H35N3O3S/c1-19(2)27(18-28,26-30-22-11-10-21(31-3)17-25(22)34-26)13-7-15-29-14-6-8-20-9-12-23(32-4)24(16-20)33-5/h9-12,16-17,19,29H,6-8,13-15H2,1-5H3. The molecule has 0 radical (unpaired) electrons. The number of benzene rings is 2. The van der Waals surface area contributed by atoms with Gasteiger partial charge in [0.15, 0.2) is 11.5 Å². The highest BCUT2D eigenvalue weighted by Crippen LogP contribution is 2.41. The van der Waals surface area contributed by atoms with Crippen LogP contribution in [-0.4, -0.2) is 39.4 Å². The van der Waals surface area contributed by atoms with Gasteiger partial charge in [0.2, 0.25) is 0 Å². The smallest absolute Gasteiger partial charge is 0.160 e. The van der Waals surface area contributed by atoms with Crippen LogP contribution in [0.5, 0.6) is 17.2 Å². The molecule has 1 unspecified atom stereocenters. The topological polar surface area (TPSA) is 76.4 Å². The minimum Gasteiger partial charge on any atom is -0.497 e. The summed E-state index contributed by atoms with van der Waals surface area (Å²) in [6.45, 7) is 6.04. The van der Waals surface area contributed by atoms with Crippen molar-refractivity contribution in [1.29, 1.82) is 5.26 Å². The van der Waals surface area contributed by atoms with Crippen molar-refractivity contribution < 1.29 is 14.2 Å². The molecule has 0 aliphatic heterocycles. The Morgan fingerprint density at radius 1 is 1.00 bits per heavy atom. The first kappa shape index (κ1) is 25.8. The predicted octanol–water partition coefficient (Wildman–Crippen LogP) is 5.74. The molecule has 2 aromatic carbocycles. The number of aromatic nitrogens is 1. The van der Waals surface area contributed by atoms with Crippen molar-refractivity contribution >= 4 is 21.6 Å².